The molecule has 3 aromatic rings. The number of amides is 1. The zero-order valence-electron chi connectivity index (χ0n) is 18.2. The van der Waals surface area contributed by atoms with Crippen LogP contribution in [0.1, 0.15) is 16.1 Å². The maximum Gasteiger partial charge on any atom is 0.433 e. The van der Waals surface area contributed by atoms with Crippen LogP contribution < -0.4 is 16.0 Å². The number of carbonyl (C=O) groups is 1. The first-order valence-corrected chi connectivity index (χ1v) is 11.9. The highest BCUT2D eigenvalue weighted by Gasteiger charge is 2.35. The van der Waals surface area contributed by atoms with Gasteiger partial charge in [0.1, 0.15) is 5.82 Å². The van der Waals surface area contributed by atoms with Crippen molar-refractivity contribution in [3.8, 4) is 0 Å². The quantitative estimate of drug-likeness (QED) is 0.546. The average molecular weight is 507 g/mol. The molecule has 2 aromatic carbocycles. The number of aromatic nitrogens is 2. The number of nitrogens with one attached hydrogen (secondary N) is 1. The highest BCUT2D eigenvalue weighted by molar-refractivity contribution is 7.89. The lowest BCUT2D eigenvalue weighted by Gasteiger charge is -2.34. The summed E-state index contributed by atoms with van der Waals surface area (Å²) in [7, 11) is -3.85. The van der Waals surface area contributed by atoms with Crippen LogP contribution in [0.2, 0.25) is 0 Å². The van der Waals surface area contributed by atoms with Gasteiger partial charge in [-0.3, -0.25) is 4.79 Å². The molecule has 1 saturated heterocycles. The van der Waals surface area contributed by atoms with Gasteiger partial charge in [0, 0.05) is 43.5 Å². The molecule has 0 spiro atoms. The van der Waals surface area contributed by atoms with Gasteiger partial charge in [-0.2, -0.15) is 22.5 Å². The SMILES string of the molecule is Nc1nc(N2CCN(S(=O)(=O)c3ccc(NC(=O)c4ccccc4)cc3)CC2)cc(C(F)(F)F)n1. The molecule has 13 heteroatoms. The first-order valence-electron chi connectivity index (χ1n) is 10.5. The van der Waals surface area contributed by atoms with Crippen LogP contribution in [0.25, 0.3) is 0 Å². The number of sulfonamides is 1. The number of alkyl halides is 3. The Labute approximate surface area is 199 Å². The third-order valence-electron chi connectivity index (χ3n) is 5.37. The van der Waals surface area contributed by atoms with E-state index in [4.69, 9.17) is 5.73 Å². The molecule has 9 nitrogen and oxygen atoms in total. The number of nitrogens with zero attached hydrogens (tertiary/aromatic N) is 4. The Kier molecular flexibility index (Phi) is 6.63. The standard InChI is InChI=1S/C22H21F3N6O3S/c23-22(24,25)18-14-19(29-21(26)28-18)30-10-12-31(13-11-30)35(33,34)17-8-6-16(7-9-17)27-20(32)15-4-2-1-3-5-15/h1-9,14H,10-13H2,(H,27,32)(H2,26,28,29). The number of rotatable bonds is 5. The van der Waals surface area contributed by atoms with Gasteiger partial charge in [0.15, 0.2) is 5.69 Å². The molecule has 0 aliphatic carbocycles. The molecule has 0 saturated carbocycles. The Morgan fingerprint density at radius 1 is 0.943 bits per heavy atom. The van der Waals surface area contributed by atoms with E-state index in [1.165, 1.54) is 33.5 Å². The molecule has 1 aliphatic heterocycles. The summed E-state index contributed by atoms with van der Waals surface area (Å²) >= 11 is 0. The first-order chi connectivity index (χ1) is 16.5. The largest absolute Gasteiger partial charge is 0.433 e. The lowest BCUT2D eigenvalue weighted by atomic mass is 10.2. The van der Waals surface area contributed by atoms with Crippen molar-refractivity contribution < 1.29 is 26.4 Å². The van der Waals surface area contributed by atoms with E-state index in [9.17, 15) is 26.4 Å². The van der Waals surface area contributed by atoms with Crippen LogP contribution in [0, 0.1) is 0 Å². The number of anilines is 3. The fourth-order valence-corrected chi connectivity index (χ4v) is 4.99. The molecule has 0 bridgehead atoms. The van der Waals surface area contributed by atoms with Gasteiger partial charge < -0.3 is 16.0 Å². The first kappa shape index (κ1) is 24.4. The number of hydrogen-bond donors (Lipinski definition) is 2. The summed E-state index contributed by atoms with van der Waals surface area (Å²) in [5, 5.41) is 2.70. The Bertz CT molecular complexity index is 1310. The molecule has 0 unspecified atom stereocenters. The van der Waals surface area contributed by atoms with Crippen molar-refractivity contribution in [3.05, 3.63) is 71.9 Å². The summed E-state index contributed by atoms with van der Waals surface area (Å²) in [6.45, 7) is 0.330. The number of nitrogens with two attached hydrogens (primary N) is 1. The number of hydrogen-bond acceptors (Lipinski definition) is 7. The molecule has 1 amide bonds. The van der Waals surface area contributed by atoms with Gasteiger partial charge in [0.25, 0.3) is 5.91 Å². The monoisotopic (exact) mass is 506 g/mol. The van der Waals surface area contributed by atoms with Crippen LogP contribution in [0.4, 0.5) is 30.6 Å². The Morgan fingerprint density at radius 3 is 2.17 bits per heavy atom. The van der Waals surface area contributed by atoms with Crippen molar-refractivity contribution in [3.63, 3.8) is 0 Å². The topological polar surface area (TPSA) is 122 Å². The summed E-state index contributed by atoms with van der Waals surface area (Å²) in [4.78, 5) is 20.9. The second-order valence-corrected chi connectivity index (χ2v) is 9.64. The fourth-order valence-electron chi connectivity index (χ4n) is 3.57. The van der Waals surface area contributed by atoms with Gasteiger partial charge >= 0.3 is 6.18 Å². The van der Waals surface area contributed by atoms with Gasteiger partial charge in [-0.1, -0.05) is 18.2 Å². The summed E-state index contributed by atoms with van der Waals surface area (Å²) in [5.74, 6) is -0.846. The van der Waals surface area contributed by atoms with E-state index in [1.54, 1.807) is 30.3 Å². The minimum Gasteiger partial charge on any atom is -0.368 e. The normalized spacial score (nSPS) is 15.1. The van der Waals surface area contributed by atoms with Crippen molar-refractivity contribution in [1.29, 1.82) is 0 Å². The van der Waals surface area contributed by atoms with Crippen LogP contribution in [0.3, 0.4) is 0 Å². The van der Waals surface area contributed by atoms with E-state index in [2.05, 4.69) is 15.3 Å². The number of carbonyl (C=O) groups excluding carboxylic acids is 1. The van der Waals surface area contributed by atoms with Crippen LogP contribution in [0.5, 0.6) is 0 Å². The number of nitrogen functional groups attached to an aromatic ring is 1. The van der Waals surface area contributed by atoms with Gasteiger partial charge in [-0.25, -0.2) is 13.4 Å². The highest BCUT2D eigenvalue weighted by atomic mass is 32.2. The van der Waals surface area contributed by atoms with E-state index >= 15 is 0 Å². The minimum absolute atomic E-state index is 0.0135. The maximum absolute atomic E-state index is 13.1. The van der Waals surface area contributed by atoms with E-state index in [1.807, 2.05) is 0 Å². The maximum atomic E-state index is 13.1. The smallest absolute Gasteiger partial charge is 0.368 e. The van der Waals surface area contributed by atoms with Gasteiger partial charge in [0.05, 0.1) is 4.90 Å². The number of piperazine rings is 1. The Morgan fingerprint density at radius 2 is 1.57 bits per heavy atom. The molecule has 4 rings (SSSR count). The summed E-state index contributed by atoms with van der Waals surface area (Å²) in [5.41, 5.74) is 5.17. The summed E-state index contributed by atoms with van der Waals surface area (Å²) in [6, 6.07) is 15.1. The lowest BCUT2D eigenvalue weighted by molar-refractivity contribution is -0.141. The predicted molar refractivity (Wildman–Crippen MR) is 123 cm³/mol. The van der Waals surface area contributed by atoms with Crippen LogP contribution in [0.15, 0.2) is 65.6 Å². The zero-order chi connectivity index (χ0) is 25.2. The van der Waals surface area contributed by atoms with Crippen molar-refractivity contribution in [2.24, 2.45) is 0 Å². The second-order valence-electron chi connectivity index (χ2n) is 7.70. The molecule has 0 radical (unpaired) electrons. The second kappa shape index (κ2) is 9.50. The van der Waals surface area contributed by atoms with E-state index in [-0.39, 0.29) is 42.8 Å². The van der Waals surface area contributed by atoms with Gasteiger partial charge in [-0.05, 0) is 36.4 Å². The zero-order valence-corrected chi connectivity index (χ0v) is 19.1. The van der Waals surface area contributed by atoms with Crippen molar-refractivity contribution in [2.45, 2.75) is 11.1 Å². The average Bonchev–Trinajstić information content (AvgIpc) is 2.84. The van der Waals surface area contributed by atoms with Crippen molar-refractivity contribution >= 4 is 33.4 Å². The van der Waals surface area contributed by atoms with E-state index in [0.29, 0.717) is 11.3 Å². The third kappa shape index (κ3) is 5.52. The number of benzene rings is 2. The highest BCUT2D eigenvalue weighted by Crippen LogP contribution is 2.30. The molecule has 1 aliphatic rings. The number of halogens is 3. The molecule has 35 heavy (non-hydrogen) atoms. The molecular weight excluding hydrogens is 485 g/mol. The van der Waals surface area contributed by atoms with E-state index < -0.39 is 27.8 Å². The summed E-state index contributed by atoms with van der Waals surface area (Å²) in [6.07, 6.45) is -4.68. The minimum atomic E-state index is -4.68. The van der Waals surface area contributed by atoms with Gasteiger partial charge in [0.2, 0.25) is 16.0 Å². The third-order valence-corrected chi connectivity index (χ3v) is 7.28. The Hall–Kier alpha value is -3.71. The molecular formula is C22H21F3N6O3S. The fraction of sp³-hybridized carbons (Fsp3) is 0.227. The molecule has 2 heterocycles. The molecule has 0 atom stereocenters. The molecule has 184 valence electrons. The molecule has 1 fully saturated rings. The lowest BCUT2D eigenvalue weighted by Crippen LogP contribution is -2.49. The molecule has 1 aromatic heterocycles. The summed E-state index contributed by atoms with van der Waals surface area (Å²) < 4.78 is 66.4. The van der Waals surface area contributed by atoms with Crippen LogP contribution in [-0.4, -0.2) is 54.8 Å². The van der Waals surface area contributed by atoms with Crippen molar-refractivity contribution in [1.82, 2.24) is 14.3 Å². The predicted octanol–water partition coefficient (Wildman–Crippen LogP) is 2.84. The Balaban J connectivity index is 1.42. The van der Waals surface area contributed by atoms with Gasteiger partial charge in [-0.15, -0.1) is 0 Å². The van der Waals surface area contributed by atoms with Crippen LogP contribution >= 0.6 is 0 Å². The van der Waals surface area contributed by atoms with Crippen molar-refractivity contribution in [2.75, 3.05) is 42.1 Å². The molecule has 3 N–H and O–H groups in total. The van der Waals surface area contributed by atoms with Crippen LogP contribution in [-0.2, 0) is 16.2 Å². The van der Waals surface area contributed by atoms with E-state index in [0.717, 1.165) is 6.07 Å².